The highest BCUT2D eigenvalue weighted by Crippen LogP contribution is 2.31. The van der Waals surface area contributed by atoms with Crippen molar-refractivity contribution in [3.63, 3.8) is 0 Å². The highest BCUT2D eigenvalue weighted by Gasteiger charge is 2.21. The van der Waals surface area contributed by atoms with Crippen LogP contribution in [0.4, 0.5) is 0 Å². The van der Waals surface area contributed by atoms with E-state index in [-0.39, 0.29) is 0 Å². The molecule has 0 spiro atoms. The summed E-state index contributed by atoms with van der Waals surface area (Å²) in [5.74, 6) is 0.835. The van der Waals surface area contributed by atoms with E-state index in [0.29, 0.717) is 5.66 Å². The molecule has 90 valence electrons. The number of unbranched alkanes of at least 4 members (excludes halogenated alkanes) is 3. The van der Waals surface area contributed by atoms with Crippen molar-refractivity contribution >= 4 is 7.80 Å². The molecule has 2 atom stereocenters. The molecule has 0 aromatic carbocycles. The Labute approximate surface area is 96.8 Å². The molecule has 0 heterocycles. The minimum Gasteiger partial charge on any atom is -0.0745 e. The van der Waals surface area contributed by atoms with Crippen molar-refractivity contribution < 1.29 is 4.57 Å². The van der Waals surface area contributed by atoms with Crippen LogP contribution < -0.4 is 0 Å². The van der Waals surface area contributed by atoms with Gasteiger partial charge in [-0.2, -0.15) is 0 Å². The Morgan fingerprint density at radius 2 is 1.60 bits per heavy atom. The first-order chi connectivity index (χ1) is 7.07. The van der Waals surface area contributed by atoms with Crippen molar-refractivity contribution in [2.24, 2.45) is 5.92 Å². The Bertz CT molecular complexity index is 166. The molecular weight excluding hydrogens is 203 g/mol. The van der Waals surface area contributed by atoms with Crippen LogP contribution in [0.5, 0.6) is 0 Å². The molecule has 15 heavy (non-hydrogen) atoms. The Kier molecular flexibility index (Phi) is 9.40. The molecule has 0 radical (unpaired) electrons. The van der Waals surface area contributed by atoms with Crippen molar-refractivity contribution in [1.82, 2.24) is 0 Å². The summed E-state index contributed by atoms with van der Waals surface area (Å²) in [6.45, 7) is 8.79. The van der Waals surface area contributed by atoms with Gasteiger partial charge in [-0.05, 0) is 32.1 Å². The van der Waals surface area contributed by atoms with Gasteiger partial charge in [-0.1, -0.05) is 44.6 Å². The van der Waals surface area contributed by atoms with Gasteiger partial charge in [0.05, 0.1) is 0 Å². The minimum atomic E-state index is -0.925. The lowest BCUT2D eigenvalue weighted by atomic mass is 10.0. The van der Waals surface area contributed by atoms with Crippen LogP contribution in [0.3, 0.4) is 0 Å². The summed E-state index contributed by atoms with van der Waals surface area (Å²) in [7, 11) is -0.925. The van der Waals surface area contributed by atoms with Gasteiger partial charge < -0.3 is 0 Å². The number of hydrogen-bond acceptors (Lipinski definition) is 1. The third-order valence-electron chi connectivity index (χ3n) is 2.99. The summed E-state index contributed by atoms with van der Waals surface area (Å²) in [6.07, 6.45) is 8.45. The molecule has 0 fully saturated rings. The first-order valence-electron chi connectivity index (χ1n) is 6.51. The Morgan fingerprint density at radius 1 is 1.00 bits per heavy atom. The van der Waals surface area contributed by atoms with Crippen LogP contribution in [0, 0.1) is 5.92 Å². The summed E-state index contributed by atoms with van der Waals surface area (Å²) < 4.78 is 11.7. The Hall–Kier alpha value is 0.100. The molecule has 0 aliphatic carbocycles. The van der Waals surface area contributed by atoms with Gasteiger partial charge in [0.2, 0.25) is 0 Å². The lowest BCUT2D eigenvalue weighted by molar-refractivity contribution is 0.523. The third kappa shape index (κ3) is 9.05. The lowest BCUT2D eigenvalue weighted by Gasteiger charge is -2.02. The molecule has 0 rings (SSSR count). The number of rotatable bonds is 9. The van der Waals surface area contributed by atoms with Gasteiger partial charge in [0.25, 0.3) is 0 Å². The van der Waals surface area contributed by atoms with E-state index in [4.69, 9.17) is 0 Å². The first-order valence-corrected chi connectivity index (χ1v) is 8.03. The predicted octanol–water partition coefficient (Wildman–Crippen LogP) is 5.22. The van der Waals surface area contributed by atoms with E-state index in [9.17, 15) is 4.57 Å². The van der Waals surface area contributed by atoms with Gasteiger partial charge in [0, 0.05) is 0 Å². The topological polar surface area (TPSA) is 17.1 Å². The molecule has 0 bridgehead atoms. The molecule has 0 aliphatic rings. The van der Waals surface area contributed by atoms with E-state index >= 15 is 0 Å². The SMILES string of the molecule is CCC(C)[P+](=O)CCCCCCC(C)C. The summed E-state index contributed by atoms with van der Waals surface area (Å²) in [6, 6.07) is 0. The van der Waals surface area contributed by atoms with E-state index in [1.165, 1.54) is 25.7 Å². The second-order valence-corrected chi connectivity index (χ2v) is 7.16. The van der Waals surface area contributed by atoms with Crippen LogP contribution >= 0.6 is 7.80 Å². The number of hydrogen-bond donors (Lipinski definition) is 0. The van der Waals surface area contributed by atoms with E-state index < -0.39 is 7.80 Å². The van der Waals surface area contributed by atoms with E-state index in [1.54, 1.807) is 0 Å². The van der Waals surface area contributed by atoms with Gasteiger partial charge in [0.1, 0.15) is 6.16 Å². The monoisotopic (exact) mass is 231 g/mol. The molecule has 2 unspecified atom stereocenters. The summed E-state index contributed by atoms with van der Waals surface area (Å²) in [5, 5.41) is 0. The summed E-state index contributed by atoms with van der Waals surface area (Å²) in [5.41, 5.74) is 0.427. The maximum atomic E-state index is 11.7. The molecule has 0 amide bonds. The van der Waals surface area contributed by atoms with E-state index in [0.717, 1.165) is 24.9 Å². The highest BCUT2D eigenvalue weighted by molar-refractivity contribution is 7.45. The van der Waals surface area contributed by atoms with Crippen molar-refractivity contribution in [2.45, 2.75) is 71.9 Å². The standard InChI is InChI=1S/C13H28OP/c1-5-13(4)15(14)11-9-7-6-8-10-12(2)3/h12-13H,5-11H2,1-4H3/q+1. The maximum absolute atomic E-state index is 11.7. The zero-order chi connectivity index (χ0) is 11.7. The molecule has 1 nitrogen and oxygen atoms in total. The predicted molar refractivity (Wildman–Crippen MR) is 70.1 cm³/mol. The normalized spacial score (nSPS) is 14.3. The lowest BCUT2D eigenvalue weighted by Crippen LogP contribution is -1.95. The average molecular weight is 231 g/mol. The van der Waals surface area contributed by atoms with Gasteiger partial charge in [-0.25, -0.2) is 0 Å². The van der Waals surface area contributed by atoms with Crippen molar-refractivity contribution in [3.8, 4) is 0 Å². The largest absolute Gasteiger partial charge is 0.341 e. The molecule has 0 aliphatic heterocycles. The second-order valence-electron chi connectivity index (χ2n) is 4.99. The van der Waals surface area contributed by atoms with Gasteiger partial charge in [0.15, 0.2) is 5.66 Å². The minimum absolute atomic E-state index is 0.427. The molecule has 0 saturated heterocycles. The zero-order valence-electron chi connectivity index (χ0n) is 11.0. The molecule has 0 aromatic rings. The third-order valence-corrected chi connectivity index (χ3v) is 5.10. The first kappa shape index (κ1) is 15.1. The van der Waals surface area contributed by atoms with Crippen molar-refractivity contribution in [2.75, 3.05) is 6.16 Å². The van der Waals surface area contributed by atoms with Gasteiger partial charge in [-0.15, -0.1) is 0 Å². The Balaban J connectivity index is 3.27. The summed E-state index contributed by atoms with van der Waals surface area (Å²) in [4.78, 5) is 0. The summed E-state index contributed by atoms with van der Waals surface area (Å²) >= 11 is 0. The fraction of sp³-hybridized carbons (Fsp3) is 1.00. The molecule has 0 aromatic heterocycles. The zero-order valence-corrected chi connectivity index (χ0v) is 11.9. The average Bonchev–Trinajstić information content (AvgIpc) is 2.21. The van der Waals surface area contributed by atoms with Crippen LogP contribution in [0.15, 0.2) is 0 Å². The van der Waals surface area contributed by atoms with Crippen molar-refractivity contribution in [1.29, 1.82) is 0 Å². The van der Waals surface area contributed by atoms with E-state index in [2.05, 4.69) is 27.7 Å². The van der Waals surface area contributed by atoms with Crippen LogP contribution in [-0.4, -0.2) is 11.8 Å². The molecule has 2 heteroatoms. The van der Waals surface area contributed by atoms with Crippen LogP contribution in [0.2, 0.25) is 0 Å². The molecular formula is C13H28OP+. The van der Waals surface area contributed by atoms with Crippen molar-refractivity contribution in [3.05, 3.63) is 0 Å². The molecule has 0 N–H and O–H groups in total. The van der Waals surface area contributed by atoms with E-state index in [1.807, 2.05) is 0 Å². The maximum Gasteiger partial charge on any atom is 0.341 e. The smallest absolute Gasteiger partial charge is 0.0745 e. The fourth-order valence-corrected chi connectivity index (χ4v) is 2.98. The second kappa shape index (κ2) is 9.33. The highest BCUT2D eigenvalue weighted by atomic mass is 31.1. The Morgan fingerprint density at radius 3 is 2.13 bits per heavy atom. The van der Waals surface area contributed by atoms with Crippen LogP contribution in [-0.2, 0) is 4.57 Å². The fourth-order valence-electron chi connectivity index (χ4n) is 1.60. The quantitative estimate of drug-likeness (QED) is 0.393. The van der Waals surface area contributed by atoms with Gasteiger partial charge >= 0.3 is 7.80 Å². The van der Waals surface area contributed by atoms with Crippen LogP contribution in [0.1, 0.15) is 66.2 Å². The van der Waals surface area contributed by atoms with Crippen LogP contribution in [0.25, 0.3) is 0 Å². The van der Waals surface area contributed by atoms with Gasteiger partial charge in [-0.3, -0.25) is 0 Å². The molecule has 0 saturated carbocycles.